The summed E-state index contributed by atoms with van der Waals surface area (Å²) in [5.74, 6) is 0. The second-order valence-corrected chi connectivity index (χ2v) is 2.88. The van der Waals surface area contributed by atoms with Gasteiger partial charge in [0.2, 0.25) is 0 Å². The minimum absolute atomic E-state index is 0. The van der Waals surface area contributed by atoms with Gasteiger partial charge >= 0.3 is 0 Å². The van der Waals surface area contributed by atoms with E-state index < -0.39 is 0 Å². The van der Waals surface area contributed by atoms with Gasteiger partial charge in [0.1, 0.15) is 0 Å². The van der Waals surface area contributed by atoms with Gasteiger partial charge in [-0.25, -0.2) is 0 Å². The molecule has 0 saturated carbocycles. The fourth-order valence-corrected chi connectivity index (χ4v) is 1.27. The summed E-state index contributed by atoms with van der Waals surface area (Å²) < 4.78 is 5.42. The van der Waals surface area contributed by atoms with E-state index in [2.05, 4.69) is 6.92 Å². The first-order chi connectivity index (χ1) is 4.27. The van der Waals surface area contributed by atoms with E-state index in [1.807, 2.05) is 0 Å². The summed E-state index contributed by atoms with van der Waals surface area (Å²) in [7, 11) is 0. The Balaban J connectivity index is 0.000000810. The van der Waals surface area contributed by atoms with Gasteiger partial charge in [-0.2, -0.15) is 0 Å². The third-order valence-electron chi connectivity index (χ3n) is 1.94. The van der Waals surface area contributed by atoms with E-state index in [9.17, 15) is 0 Å². The molecule has 0 aromatic rings. The van der Waals surface area contributed by atoms with E-state index in [1.54, 1.807) is 0 Å². The van der Waals surface area contributed by atoms with Crippen molar-refractivity contribution >= 4 is 0 Å². The maximum Gasteiger partial charge on any atom is 0.0677 e. The molecule has 0 radical (unpaired) electrons. The Hall–Kier alpha value is -0.120. The van der Waals surface area contributed by atoms with Crippen LogP contribution in [0.4, 0.5) is 0 Å². The summed E-state index contributed by atoms with van der Waals surface area (Å²) in [4.78, 5) is 0. The quantitative estimate of drug-likeness (QED) is 0.604. The minimum Gasteiger partial charge on any atom is -0.412 e. The molecule has 0 aromatic heterocycles. The molecule has 1 heterocycles. The SMILES string of the molecule is CC1(CCO)CCCO1.O. The van der Waals surface area contributed by atoms with Gasteiger partial charge in [0.25, 0.3) is 0 Å². The van der Waals surface area contributed by atoms with Gasteiger partial charge in [-0.05, 0) is 26.2 Å². The molecule has 0 amide bonds. The predicted molar refractivity (Wildman–Crippen MR) is 38.9 cm³/mol. The van der Waals surface area contributed by atoms with Gasteiger partial charge in [-0.1, -0.05) is 0 Å². The van der Waals surface area contributed by atoms with Crippen LogP contribution >= 0.6 is 0 Å². The topological polar surface area (TPSA) is 61.0 Å². The van der Waals surface area contributed by atoms with Crippen molar-refractivity contribution in [3.63, 3.8) is 0 Å². The van der Waals surface area contributed by atoms with Crippen LogP contribution in [0.5, 0.6) is 0 Å². The van der Waals surface area contributed by atoms with E-state index in [0.717, 1.165) is 25.9 Å². The third kappa shape index (κ3) is 2.25. The predicted octanol–water partition coefficient (Wildman–Crippen LogP) is 0.113. The summed E-state index contributed by atoms with van der Waals surface area (Å²) in [6, 6.07) is 0. The van der Waals surface area contributed by atoms with Gasteiger partial charge in [0, 0.05) is 13.2 Å². The smallest absolute Gasteiger partial charge is 0.0677 e. The molecule has 1 atom stereocenters. The molecule has 0 bridgehead atoms. The van der Waals surface area contributed by atoms with E-state index in [-0.39, 0.29) is 17.7 Å². The van der Waals surface area contributed by atoms with Crippen LogP contribution in [0.15, 0.2) is 0 Å². The van der Waals surface area contributed by atoms with E-state index in [4.69, 9.17) is 9.84 Å². The number of aliphatic hydroxyl groups excluding tert-OH is 1. The maximum atomic E-state index is 8.61. The van der Waals surface area contributed by atoms with Gasteiger partial charge in [0.05, 0.1) is 5.60 Å². The van der Waals surface area contributed by atoms with Crippen LogP contribution in [0.3, 0.4) is 0 Å². The Morgan fingerprint density at radius 3 is 2.70 bits per heavy atom. The number of hydrogen-bond acceptors (Lipinski definition) is 2. The van der Waals surface area contributed by atoms with Crippen LogP contribution in [0, 0.1) is 0 Å². The highest BCUT2D eigenvalue weighted by Gasteiger charge is 2.28. The van der Waals surface area contributed by atoms with Crippen LogP contribution in [0.2, 0.25) is 0 Å². The van der Waals surface area contributed by atoms with Gasteiger partial charge in [0.15, 0.2) is 0 Å². The molecule has 1 saturated heterocycles. The first kappa shape index (κ1) is 9.88. The second-order valence-electron chi connectivity index (χ2n) is 2.88. The third-order valence-corrected chi connectivity index (χ3v) is 1.94. The Bertz CT molecular complexity index is 86.9. The van der Waals surface area contributed by atoms with Crippen molar-refractivity contribution in [3.8, 4) is 0 Å². The maximum absolute atomic E-state index is 8.61. The minimum atomic E-state index is -0.00521. The van der Waals surface area contributed by atoms with Gasteiger partial charge in [-0.15, -0.1) is 0 Å². The molecule has 3 heteroatoms. The van der Waals surface area contributed by atoms with Gasteiger partial charge in [-0.3, -0.25) is 0 Å². The summed E-state index contributed by atoms with van der Waals surface area (Å²) in [6.07, 6.45) is 3.04. The fourth-order valence-electron chi connectivity index (χ4n) is 1.27. The summed E-state index contributed by atoms with van der Waals surface area (Å²) in [5.41, 5.74) is -0.00521. The molecule has 10 heavy (non-hydrogen) atoms. The number of aliphatic hydroxyl groups is 1. The van der Waals surface area contributed by atoms with Crippen molar-refractivity contribution in [1.82, 2.24) is 0 Å². The first-order valence-electron chi connectivity index (χ1n) is 3.52. The van der Waals surface area contributed by atoms with Crippen molar-refractivity contribution in [2.75, 3.05) is 13.2 Å². The first-order valence-corrected chi connectivity index (χ1v) is 3.52. The molecule has 1 rings (SSSR count). The summed E-state index contributed by atoms with van der Waals surface area (Å²) in [6.45, 7) is 3.18. The Labute approximate surface area is 61.3 Å². The largest absolute Gasteiger partial charge is 0.412 e. The van der Waals surface area contributed by atoms with Crippen molar-refractivity contribution in [2.24, 2.45) is 0 Å². The molecule has 3 nitrogen and oxygen atoms in total. The molecule has 1 aliphatic rings. The molecule has 1 unspecified atom stereocenters. The van der Waals surface area contributed by atoms with E-state index >= 15 is 0 Å². The standard InChI is InChI=1S/C7H14O2.H2O/c1-7(4-5-8)3-2-6-9-7;/h8H,2-6H2,1H3;1H2. The zero-order valence-electron chi connectivity index (χ0n) is 6.39. The van der Waals surface area contributed by atoms with Crippen molar-refractivity contribution in [2.45, 2.75) is 31.8 Å². The number of ether oxygens (including phenoxy) is 1. The molecular weight excluding hydrogens is 132 g/mol. The molecule has 1 aliphatic heterocycles. The number of rotatable bonds is 2. The van der Waals surface area contributed by atoms with Crippen molar-refractivity contribution < 1.29 is 15.3 Å². The highest BCUT2D eigenvalue weighted by atomic mass is 16.5. The lowest BCUT2D eigenvalue weighted by molar-refractivity contribution is 0.00124. The Kier molecular flexibility index (Phi) is 3.86. The highest BCUT2D eigenvalue weighted by molar-refractivity contribution is 4.79. The Morgan fingerprint density at radius 2 is 2.30 bits per heavy atom. The average molecular weight is 148 g/mol. The zero-order valence-corrected chi connectivity index (χ0v) is 6.39. The summed E-state index contributed by atoms with van der Waals surface area (Å²) >= 11 is 0. The second kappa shape index (κ2) is 3.91. The van der Waals surface area contributed by atoms with Crippen LogP contribution in [-0.2, 0) is 4.74 Å². The molecule has 0 spiro atoms. The van der Waals surface area contributed by atoms with Crippen molar-refractivity contribution in [1.29, 1.82) is 0 Å². The lowest BCUT2D eigenvalue weighted by Gasteiger charge is -2.21. The van der Waals surface area contributed by atoms with Crippen LogP contribution in [0.1, 0.15) is 26.2 Å². The highest BCUT2D eigenvalue weighted by Crippen LogP contribution is 2.27. The zero-order chi connectivity index (χ0) is 6.74. The number of hydrogen-bond donors (Lipinski definition) is 1. The van der Waals surface area contributed by atoms with Crippen LogP contribution < -0.4 is 0 Å². The molecule has 1 fully saturated rings. The monoisotopic (exact) mass is 148 g/mol. The fraction of sp³-hybridized carbons (Fsp3) is 1.00. The van der Waals surface area contributed by atoms with Gasteiger partial charge < -0.3 is 15.3 Å². The van der Waals surface area contributed by atoms with E-state index in [1.165, 1.54) is 0 Å². The normalized spacial score (nSPS) is 31.8. The Morgan fingerprint density at radius 1 is 1.60 bits per heavy atom. The molecule has 3 N–H and O–H groups in total. The lowest BCUT2D eigenvalue weighted by atomic mass is 9.99. The summed E-state index contributed by atoms with van der Waals surface area (Å²) in [5, 5.41) is 8.61. The average Bonchev–Trinajstić information content (AvgIpc) is 2.16. The van der Waals surface area contributed by atoms with Crippen LogP contribution in [0.25, 0.3) is 0 Å². The van der Waals surface area contributed by atoms with E-state index in [0.29, 0.717) is 0 Å². The lowest BCUT2D eigenvalue weighted by Crippen LogP contribution is -2.23. The molecular formula is C7H16O3. The van der Waals surface area contributed by atoms with Crippen LogP contribution in [-0.4, -0.2) is 29.4 Å². The molecule has 0 aliphatic carbocycles. The molecule has 0 aromatic carbocycles. The molecule has 62 valence electrons. The van der Waals surface area contributed by atoms with Crippen molar-refractivity contribution in [3.05, 3.63) is 0 Å².